The molecule has 0 atom stereocenters. The molecule has 1 heterocycles. The number of amides is 1. The summed E-state index contributed by atoms with van der Waals surface area (Å²) in [4.78, 5) is 12.1. The quantitative estimate of drug-likeness (QED) is 0.719. The van der Waals surface area contributed by atoms with Crippen molar-refractivity contribution >= 4 is 11.6 Å². The summed E-state index contributed by atoms with van der Waals surface area (Å²) in [5.74, 6) is 0.0706. The lowest BCUT2D eigenvalue weighted by atomic mass is 9.95. The molecule has 1 aromatic carbocycles. The van der Waals surface area contributed by atoms with Crippen molar-refractivity contribution in [2.45, 2.75) is 44.2 Å². The van der Waals surface area contributed by atoms with E-state index in [1.54, 1.807) is 0 Å². The first-order valence-electron chi connectivity index (χ1n) is 6.49. The normalized spacial score (nSPS) is 22.2. The summed E-state index contributed by atoms with van der Waals surface area (Å²) in [6.07, 6.45) is 7.01. The third-order valence-electron chi connectivity index (χ3n) is 3.86. The molecule has 0 saturated heterocycles. The van der Waals surface area contributed by atoms with E-state index in [1.807, 2.05) is 24.3 Å². The summed E-state index contributed by atoms with van der Waals surface area (Å²) in [5, 5.41) is 6.73. The Morgan fingerprint density at radius 2 is 1.65 bits per heavy atom. The largest absolute Gasteiger partial charge is 0.362 e. The molecule has 3 nitrogen and oxygen atoms in total. The fraction of sp³-hybridized carbons (Fsp3) is 0.500. The zero-order valence-corrected chi connectivity index (χ0v) is 9.96. The number of anilines is 1. The molecular weight excluding hydrogens is 212 g/mol. The SMILES string of the molecule is O=C1NC2(CCCCCC2)Nc2ccccc21. The third-order valence-corrected chi connectivity index (χ3v) is 3.86. The second kappa shape index (κ2) is 4.06. The number of fused-ring (bicyclic) bond motifs is 1. The predicted octanol–water partition coefficient (Wildman–Crippen LogP) is 2.89. The van der Waals surface area contributed by atoms with Crippen LogP contribution in [0.4, 0.5) is 5.69 Å². The first-order chi connectivity index (χ1) is 8.29. The molecule has 3 heteroatoms. The number of para-hydroxylation sites is 1. The van der Waals surface area contributed by atoms with Gasteiger partial charge < -0.3 is 10.6 Å². The van der Waals surface area contributed by atoms with Gasteiger partial charge in [-0.05, 0) is 37.8 Å². The molecule has 0 bridgehead atoms. The van der Waals surface area contributed by atoms with E-state index in [1.165, 1.54) is 25.7 Å². The Kier molecular flexibility index (Phi) is 2.54. The zero-order chi connectivity index (χ0) is 11.7. The minimum atomic E-state index is -0.193. The van der Waals surface area contributed by atoms with E-state index in [4.69, 9.17) is 0 Å². The van der Waals surface area contributed by atoms with E-state index in [0.717, 1.165) is 24.1 Å². The second-order valence-corrected chi connectivity index (χ2v) is 5.12. The molecular formula is C14H18N2O. The lowest BCUT2D eigenvalue weighted by Crippen LogP contribution is -2.57. The van der Waals surface area contributed by atoms with Gasteiger partial charge in [0.15, 0.2) is 0 Å². The summed E-state index contributed by atoms with van der Waals surface area (Å²) in [5.41, 5.74) is 1.56. The molecule has 0 unspecified atom stereocenters. The minimum Gasteiger partial charge on any atom is -0.362 e. The van der Waals surface area contributed by atoms with E-state index in [-0.39, 0.29) is 11.6 Å². The first-order valence-corrected chi connectivity index (χ1v) is 6.49. The molecule has 2 aliphatic rings. The molecule has 0 radical (unpaired) electrons. The molecule has 0 aromatic heterocycles. The second-order valence-electron chi connectivity index (χ2n) is 5.12. The average Bonchev–Trinajstić information content (AvgIpc) is 2.55. The Morgan fingerprint density at radius 3 is 2.41 bits per heavy atom. The van der Waals surface area contributed by atoms with Crippen molar-refractivity contribution in [1.29, 1.82) is 0 Å². The van der Waals surface area contributed by atoms with Gasteiger partial charge in [-0.15, -0.1) is 0 Å². The van der Waals surface area contributed by atoms with Crippen LogP contribution in [-0.2, 0) is 0 Å². The Hall–Kier alpha value is -1.51. The number of rotatable bonds is 0. The van der Waals surface area contributed by atoms with E-state index >= 15 is 0 Å². The fourth-order valence-corrected chi connectivity index (χ4v) is 2.95. The van der Waals surface area contributed by atoms with Crippen LogP contribution < -0.4 is 10.6 Å². The number of carbonyl (C=O) groups is 1. The van der Waals surface area contributed by atoms with Gasteiger partial charge in [0, 0.05) is 5.69 Å². The summed E-state index contributed by atoms with van der Waals surface area (Å²) in [6.45, 7) is 0. The molecule has 1 amide bonds. The summed E-state index contributed by atoms with van der Waals surface area (Å²) < 4.78 is 0. The van der Waals surface area contributed by atoms with Crippen molar-refractivity contribution in [3.05, 3.63) is 29.8 Å². The van der Waals surface area contributed by atoms with Crippen LogP contribution in [0.2, 0.25) is 0 Å². The van der Waals surface area contributed by atoms with Gasteiger partial charge >= 0.3 is 0 Å². The fourth-order valence-electron chi connectivity index (χ4n) is 2.95. The average molecular weight is 230 g/mol. The van der Waals surface area contributed by atoms with Crippen LogP contribution in [0.25, 0.3) is 0 Å². The first kappa shape index (κ1) is 10.6. The summed E-state index contributed by atoms with van der Waals surface area (Å²) in [7, 11) is 0. The highest BCUT2D eigenvalue weighted by molar-refractivity contribution is 6.02. The van der Waals surface area contributed by atoms with E-state index in [0.29, 0.717) is 0 Å². The van der Waals surface area contributed by atoms with E-state index in [2.05, 4.69) is 10.6 Å². The highest BCUT2D eigenvalue weighted by Gasteiger charge is 2.37. The number of hydrogen-bond acceptors (Lipinski definition) is 2. The van der Waals surface area contributed by atoms with Gasteiger partial charge in [-0.25, -0.2) is 0 Å². The van der Waals surface area contributed by atoms with Gasteiger partial charge in [0.05, 0.1) is 5.56 Å². The molecule has 17 heavy (non-hydrogen) atoms. The Labute approximate surface area is 102 Å². The Morgan fingerprint density at radius 1 is 0.941 bits per heavy atom. The Balaban J connectivity index is 1.94. The smallest absolute Gasteiger partial charge is 0.255 e. The molecule has 2 N–H and O–H groups in total. The zero-order valence-electron chi connectivity index (χ0n) is 9.96. The number of benzene rings is 1. The van der Waals surface area contributed by atoms with Crippen LogP contribution in [-0.4, -0.2) is 11.6 Å². The maximum atomic E-state index is 12.1. The molecule has 90 valence electrons. The topological polar surface area (TPSA) is 41.1 Å². The molecule has 1 saturated carbocycles. The van der Waals surface area contributed by atoms with Crippen LogP contribution in [0.5, 0.6) is 0 Å². The van der Waals surface area contributed by atoms with Crippen molar-refractivity contribution in [3.8, 4) is 0 Å². The molecule has 1 aliphatic carbocycles. The lowest BCUT2D eigenvalue weighted by Gasteiger charge is -2.40. The van der Waals surface area contributed by atoms with Gasteiger partial charge in [0.1, 0.15) is 5.66 Å². The maximum Gasteiger partial charge on any atom is 0.255 e. The summed E-state index contributed by atoms with van der Waals surface area (Å²) in [6, 6.07) is 7.77. The number of nitrogens with one attached hydrogen (secondary N) is 2. The van der Waals surface area contributed by atoms with E-state index < -0.39 is 0 Å². The highest BCUT2D eigenvalue weighted by atomic mass is 16.2. The highest BCUT2D eigenvalue weighted by Crippen LogP contribution is 2.33. The van der Waals surface area contributed by atoms with Gasteiger partial charge in [0.25, 0.3) is 5.91 Å². The van der Waals surface area contributed by atoms with Crippen molar-refractivity contribution in [1.82, 2.24) is 5.32 Å². The Bertz CT molecular complexity index is 434. The van der Waals surface area contributed by atoms with Crippen LogP contribution in [0, 0.1) is 0 Å². The van der Waals surface area contributed by atoms with Crippen molar-refractivity contribution in [2.24, 2.45) is 0 Å². The molecule has 1 fully saturated rings. The van der Waals surface area contributed by atoms with Crippen molar-refractivity contribution < 1.29 is 4.79 Å². The van der Waals surface area contributed by atoms with Crippen LogP contribution in [0.3, 0.4) is 0 Å². The van der Waals surface area contributed by atoms with Crippen LogP contribution in [0.1, 0.15) is 48.9 Å². The number of carbonyl (C=O) groups excluding carboxylic acids is 1. The van der Waals surface area contributed by atoms with Crippen LogP contribution >= 0.6 is 0 Å². The lowest BCUT2D eigenvalue weighted by molar-refractivity contribution is 0.0891. The standard InChI is InChI=1S/C14H18N2O/c17-13-11-7-3-4-8-12(11)15-14(16-13)9-5-1-2-6-10-14/h3-4,7-8,15H,1-2,5-6,9-10H2,(H,16,17). The molecule has 1 aromatic rings. The van der Waals surface area contributed by atoms with Gasteiger partial charge in [-0.2, -0.15) is 0 Å². The monoisotopic (exact) mass is 230 g/mol. The molecule has 3 rings (SSSR count). The molecule has 1 aliphatic heterocycles. The summed E-state index contributed by atoms with van der Waals surface area (Å²) >= 11 is 0. The minimum absolute atomic E-state index is 0.0706. The van der Waals surface area contributed by atoms with Crippen molar-refractivity contribution in [2.75, 3.05) is 5.32 Å². The third kappa shape index (κ3) is 1.90. The van der Waals surface area contributed by atoms with Crippen LogP contribution in [0.15, 0.2) is 24.3 Å². The van der Waals surface area contributed by atoms with Gasteiger partial charge in [-0.3, -0.25) is 4.79 Å². The molecule has 1 spiro atoms. The maximum absolute atomic E-state index is 12.1. The van der Waals surface area contributed by atoms with Gasteiger partial charge in [0.2, 0.25) is 0 Å². The predicted molar refractivity (Wildman–Crippen MR) is 68.0 cm³/mol. The van der Waals surface area contributed by atoms with E-state index in [9.17, 15) is 4.79 Å². The van der Waals surface area contributed by atoms with Gasteiger partial charge in [-0.1, -0.05) is 25.0 Å². The number of hydrogen-bond donors (Lipinski definition) is 2. The van der Waals surface area contributed by atoms with Crippen molar-refractivity contribution in [3.63, 3.8) is 0 Å².